The number of hydrogen-bond donors (Lipinski definition) is 0. The number of aldehydes is 1. The maximum absolute atomic E-state index is 11.2. The van der Waals surface area contributed by atoms with Gasteiger partial charge in [0, 0.05) is 5.56 Å². The van der Waals surface area contributed by atoms with Crippen LogP contribution < -0.4 is 14.2 Å². The molecule has 0 aliphatic rings. The van der Waals surface area contributed by atoms with Gasteiger partial charge in [-0.3, -0.25) is 4.79 Å². The number of ether oxygens (including phenoxy) is 3. The van der Waals surface area contributed by atoms with Gasteiger partial charge in [-0.2, -0.15) is 0 Å². The lowest BCUT2D eigenvalue weighted by molar-refractivity contribution is 0.112. The first-order chi connectivity index (χ1) is 11.4. The summed E-state index contributed by atoms with van der Waals surface area (Å²) in [5.74, 6) is 2.22. The van der Waals surface area contributed by atoms with Crippen molar-refractivity contribution >= 4 is 6.29 Å². The number of carbonyl (C=O) groups is 1. The maximum atomic E-state index is 11.2. The third kappa shape index (κ3) is 3.70. The van der Waals surface area contributed by atoms with Crippen molar-refractivity contribution in [3.63, 3.8) is 0 Å². The zero-order valence-corrected chi connectivity index (χ0v) is 15.1. The molecule has 4 heteroatoms. The second-order valence-corrected chi connectivity index (χ2v) is 6.09. The van der Waals surface area contributed by atoms with E-state index in [4.69, 9.17) is 14.2 Å². The summed E-state index contributed by atoms with van der Waals surface area (Å²) in [5, 5.41) is 0. The maximum Gasteiger partial charge on any atom is 0.204 e. The standard InChI is InChI=1S/C20H24O4/c1-12(2)23-20-17(22-6)9-16(11-21)10-18(20)24-19-14(4)8-7-13(3)15(19)5/h7-12H,1-6H3. The summed E-state index contributed by atoms with van der Waals surface area (Å²) in [4.78, 5) is 11.2. The highest BCUT2D eigenvalue weighted by Gasteiger charge is 2.18. The van der Waals surface area contributed by atoms with Crippen molar-refractivity contribution in [1.29, 1.82) is 0 Å². The summed E-state index contributed by atoms with van der Waals surface area (Å²) >= 11 is 0. The van der Waals surface area contributed by atoms with Gasteiger partial charge in [0.2, 0.25) is 5.75 Å². The molecule has 0 fully saturated rings. The number of aryl methyl sites for hydroxylation is 2. The molecule has 0 spiro atoms. The molecule has 0 amide bonds. The number of methoxy groups -OCH3 is 1. The molecule has 4 nitrogen and oxygen atoms in total. The highest BCUT2D eigenvalue weighted by molar-refractivity contribution is 5.78. The number of rotatable bonds is 6. The Bertz CT molecular complexity index is 748. The van der Waals surface area contributed by atoms with E-state index in [1.54, 1.807) is 19.2 Å². The zero-order chi connectivity index (χ0) is 17.9. The van der Waals surface area contributed by atoms with Crippen molar-refractivity contribution in [2.75, 3.05) is 7.11 Å². The summed E-state index contributed by atoms with van der Waals surface area (Å²) < 4.78 is 17.4. The van der Waals surface area contributed by atoms with Gasteiger partial charge in [0.05, 0.1) is 13.2 Å². The van der Waals surface area contributed by atoms with Gasteiger partial charge in [-0.15, -0.1) is 0 Å². The largest absolute Gasteiger partial charge is 0.493 e. The van der Waals surface area contributed by atoms with Gasteiger partial charge in [-0.05, 0) is 63.4 Å². The Kier molecular flexibility index (Phi) is 5.50. The molecule has 2 aromatic rings. The van der Waals surface area contributed by atoms with Crippen molar-refractivity contribution in [2.24, 2.45) is 0 Å². The molecule has 2 aromatic carbocycles. The lowest BCUT2D eigenvalue weighted by atomic mass is 10.1. The summed E-state index contributed by atoms with van der Waals surface area (Å²) in [6, 6.07) is 7.40. The molecule has 24 heavy (non-hydrogen) atoms. The molecule has 2 rings (SSSR count). The van der Waals surface area contributed by atoms with E-state index in [0.29, 0.717) is 22.8 Å². The monoisotopic (exact) mass is 328 g/mol. The second-order valence-electron chi connectivity index (χ2n) is 6.09. The Morgan fingerprint density at radius 2 is 1.58 bits per heavy atom. The van der Waals surface area contributed by atoms with Gasteiger partial charge in [-0.25, -0.2) is 0 Å². The highest BCUT2D eigenvalue weighted by atomic mass is 16.5. The molecule has 0 aromatic heterocycles. The fourth-order valence-electron chi connectivity index (χ4n) is 2.44. The summed E-state index contributed by atoms with van der Waals surface area (Å²) in [5.41, 5.74) is 3.69. The Hall–Kier alpha value is -2.49. The fraction of sp³-hybridized carbons (Fsp3) is 0.350. The Morgan fingerprint density at radius 1 is 0.958 bits per heavy atom. The van der Waals surface area contributed by atoms with E-state index in [-0.39, 0.29) is 6.10 Å². The number of benzene rings is 2. The van der Waals surface area contributed by atoms with Crippen LogP contribution in [0.2, 0.25) is 0 Å². The molecule has 0 atom stereocenters. The van der Waals surface area contributed by atoms with E-state index in [1.807, 2.05) is 40.7 Å². The smallest absolute Gasteiger partial charge is 0.204 e. The number of carbonyl (C=O) groups excluding carboxylic acids is 1. The summed E-state index contributed by atoms with van der Waals surface area (Å²) in [6.07, 6.45) is 0.716. The van der Waals surface area contributed by atoms with E-state index < -0.39 is 0 Å². The van der Waals surface area contributed by atoms with Crippen LogP contribution in [0.1, 0.15) is 40.9 Å². The molecule has 0 radical (unpaired) electrons. The molecular weight excluding hydrogens is 304 g/mol. The van der Waals surface area contributed by atoms with Crippen molar-refractivity contribution in [3.05, 3.63) is 46.5 Å². The molecule has 0 aliphatic carbocycles. The molecule has 128 valence electrons. The molecule has 0 heterocycles. The molecule has 0 unspecified atom stereocenters. The Morgan fingerprint density at radius 3 is 2.17 bits per heavy atom. The average molecular weight is 328 g/mol. The van der Waals surface area contributed by atoms with E-state index in [9.17, 15) is 4.79 Å². The van der Waals surface area contributed by atoms with Crippen LogP contribution in [0.3, 0.4) is 0 Å². The summed E-state index contributed by atoms with van der Waals surface area (Å²) in [6.45, 7) is 9.91. The van der Waals surface area contributed by atoms with Crippen LogP contribution in [0.25, 0.3) is 0 Å². The van der Waals surface area contributed by atoms with Crippen LogP contribution in [0.4, 0.5) is 0 Å². The fourth-order valence-corrected chi connectivity index (χ4v) is 2.44. The SMILES string of the molecule is COc1cc(C=O)cc(Oc2c(C)ccc(C)c2C)c1OC(C)C. The van der Waals surface area contributed by atoms with Gasteiger partial charge >= 0.3 is 0 Å². The minimum Gasteiger partial charge on any atom is -0.493 e. The van der Waals surface area contributed by atoms with Crippen LogP contribution in [-0.2, 0) is 0 Å². The molecule has 0 N–H and O–H groups in total. The third-order valence-corrected chi connectivity index (χ3v) is 3.84. The van der Waals surface area contributed by atoms with E-state index in [0.717, 1.165) is 28.7 Å². The molecular formula is C20H24O4. The minimum atomic E-state index is -0.0527. The van der Waals surface area contributed by atoms with Gasteiger partial charge in [0.25, 0.3) is 0 Å². The first-order valence-corrected chi connectivity index (χ1v) is 7.95. The molecule has 0 saturated heterocycles. The lowest BCUT2D eigenvalue weighted by Crippen LogP contribution is -2.08. The zero-order valence-electron chi connectivity index (χ0n) is 15.1. The van der Waals surface area contributed by atoms with Gasteiger partial charge < -0.3 is 14.2 Å². The normalized spacial score (nSPS) is 10.6. The summed E-state index contributed by atoms with van der Waals surface area (Å²) in [7, 11) is 1.55. The highest BCUT2D eigenvalue weighted by Crippen LogP contribution is 2.42. The van der Waals surface area contributed by atoms with E-state index in [1.165, 1.54) is 0 Å². The van der Waals surface area contributed by atoms with E-state index in [2.05, 4.69) is 6.07 Å². The lowest BCUT2D eigenvalue weighted by Gasteiger charge is -2.20. The van der Waals surface area contributed by atoms with Gasteiger partial charge in [-0.1, -0.05) is 12.1 Å². The quantitative estimate of drug-likeness (QED) is 0.699. The topological polar surface area (TPSA) is 44.8 Å². The first kappa shape index (κ1) is 17.9. The molecule has 0 saturated carbocycles. The Balaban J connectivity index is 2.60. The third-order valence-electron chi connectivity index (χ3n) is 3.84. The Labute approximate surface area is 143 Å². The van der Waals surface area contributed by atoms with Gasteiger partial charge in [0.1, 0.15) is 12.0 Å². The molecule has 0 aliphatic heterocycles. The van der Waals surface area contributed by atoms with Crippen LogP contribution in [-0.4, -0.2) is 19.5 Å². The molecule has 0 bridgehead atoms. The average Bonchev–Trinajstić information content (AvgIpc) is 2.55. The van der Waals surface area contributed by atoms with Crippen LogP contribution >= 0.6 is 0 Å². The number of hydrogen-bond acceptors (Lipinski definition) is 4. The minimum absolute atomic E-state index is 0.0527. The first-order valence-electron chi connectivity index (χ1n) is 7.95. The van der Waals surface area contributed by atoms with E-state index >= 15 is 0 Å². The van der Waals surface area contributed by atoms with Crippen molar-refractivity contribution in [1.82, 2.24) is 0 Å². The van der Waals surface area contributed by atoms with Crippen molar-refractivity contribution in [2.45, 2.75) is 40.7 Å². The van der Waals surface area contributed by atoms with Gasteiger partial charge in [0.15, 0.2) is 11.5 Å². The van der Waals surface area contributed by atoms with Crippen LogP contribution in [0.5, 0.6) is 23.0 Å². The van der Waals surface area contributed by atoms with Crippen LogP contribution in [0.15, 0.2) is 24.3 Å². The predicted octanol–water partition coefficient (Wildman–Crippen LogP) is 5.01. The van der Waals surface area contributed by atoms with Crippen molar-refractivity contribution < 1.29 is 19.0 Å². The predicted molar refractivity (Wildman–Crippen MR) is 94.9 cm³/mol. The van der Waals surface area contributed by atoms with Crippen LogP contribution in [0, 0.1) is 20.8 Å². The second kappa shape index (κ2) is 7.39. The van der Waals surface area contributed by atoms with Crippen molar-refractivity contribution in [3.8, 4) is 23.0 Å².